The van der Waals surface area contributed by atoms with Crippen molar-refractivity contribution >= 4 is 23.5 Å². The first-order valence-corrected chi connectivity index (χ1v) is 10.8. The quantitative estimate of drug-likeness (QED) is 0.532. The molecule has 172 valence electrons. The fourth-order valence-corrected chi connectivity index (χ4v) is 3.37. The second-order valence-corrected chi connectivity index (χ2v) is 7.34. The summed E-state index contributed by atoms with van der Waals surface area (Å²) in [7, 11) is 0. The van der Waals surface area contributed by atoms with E-state index in [1.54, 1.807) is 54.3 Å². The van der Waals surface area contributed by atoms with E-state index in [0.717, 1.165) is 30.2 Å². The Bertz CT molecular complexity index is 1090. The van der Waals surface area contributed by atoms with Gasteiger partial charge in [-0.1, -0.05) is 0 Å². The monoisotopic (exact) mass is 450 g/mol. The standard InChI is InChI=1S/C23H26N6O4/c1-2-33-22(30)20-8-10-29(27-20)19-5-3-18(4-6-19)26-23(31)25-16-17-7-9-24-21(15-17)28-11-13-32-14-12-28/h3-10,15H,2,11-14,16H2,1H3,(H2,25,26,31). The van der Waals surface area contributed by atoms with Gasteiger partial charge in [-0.2, -0.15) is 5.10 Å². The summed E-state index contributed by atoms with van der Waals surface area (Å²) >= 11 is 0. The minimum absolute atomic E-state index is 0.242. The van der Waals surface area contributed by atoms with Gasteiger partial charge in [0.2, 0.25) is 0 Å². The number of pyridine rings is 1. The molecule has 0 spiro atoms. The molecule has 0 bridgehead atoms. The van der Waals surface area contributed by atoms with Crippen LogP contribution in [-0.2, 0) is 16.0 Å². The molecule has 1 aromatic carbocycles. The normalized spacial score (nSPS) is 13.4. The number of nitrogens with zero attached hydrogens (tertiary/aromatic N) is 4. The van der Waals surface area contributed by atoms with Crippen LogP contribution in [0, 0.1) is 0 Å². The number of nitrogens with one attached hydrogen (secondary N) is 2. The Morgan fingerprint density at radius 1 is 1.12 bits per heavy atom. The summed E-state index contributed by atoms with van der Waals surface area (Å²) in [5, 5.41) is 9.89. The van der Waals surface area contributed by atoms with Crippen LogP contribution < -0.4 is 15.5 Å². The number of esters is 1. The molecular formula is C23H26N6O4. The summed E-state index contributed by atoms with van der Waals surface area (Å²) in [6.45, 7) is 5.43. The summed E-state index contributed by atoms with van der Waals surface area (Å²) in [4.78, 5) is 30.7. The molecule has 2 N–H and O–H groups in total. The zero-order valence-electron chi connectivity index (χ0n) is 18.4. The van der Waals surface area contributed by atoms with E-state index < -0.39 is 5.97 Å². The number of aromatic nitrogens is 3. The third-order valence-electron chi connectivity index (χ3n) is 5.06. The van der Waals surface area contributed by atoms with Crippen molar-refractivity contribution in [2.45, 2.75) is 13.5 Å². The second-order valence-electron chi connectivity index (χ2n) is 7.34. The van der Waals surface area contributed by atoms with Crippen LogP contribution in [0.15, 0.2) is 54.9 Å². The van der Waals surface area contributed by atoms with Crippen LogP contribution in [0.5, 0.6) is 0 Å². The molecule has 33 heavy (non-hydrogen) atoms. The number of benzene rings is 1. The third kappa shape index (κ3) is 5.86. The van der Waals surface area contributed by atoms with E-state index in [9.17, 15) is 9.59 Å². The SMILES string of the molecule is CCOC(=O)c1ccn(-c2ccc(NC(=O)NCc3ccnc(N4CCOCC4)c3)cc2)n1. The fourth-order valence-electron chi connectivity index (χ4n) is 3.37. The lowest BCUT2D eigenvalue weighted by Gasteiger charge is -2.28. The van der Waals surface area contributed by atoms with Gasteiger partial charge in [0.25, 0.3) is 0 Å². The average Bonchev–Trinajstić information content (AvgIpc) is 3.35. The molecule has 1 fully saturated rings. The number of ether oxygens (including phenoxy) is 2. The molecule has 2 amide bonds. The van der Waals surface area contributed by atoms with Crippen molar-refractivity contribution in [3.8, 4) is 5.69 Å². The van der Waals surface area contributed by atoms with Crippen molar-refractivity contribution in [1.29, 1.82) is 0 Å². The molecule has 1 saturated heterocycles. The Morgan fingerprint density at radius 2 is 1.91 bits per heavy atom. The maximum absolute atomic E-state index is 12.3. The number of carbonyl (C=O) groups excluding carboxylic acids is 2. The third-order valence-corrected chi connectivity index (χ3v) is 5.06. The lowest BCUT2D eigenvalue weighted by atomic mass is 10.2. The highest BCUT2D eigenvalue weighted by atomic mass is 16.5. The van der Waals surface area contributed by atoms with Crippen molar-refractivity contribution in [3.63, 3.8) is 0 Å². The molecule has 0 unspecified atom stereocenters. The predicted molar refractivity (Wildman–Crippen MR) is 123 cm³/mol. The topological polar surface area (TPSA) is 111 Å². The molecule has 0 saturated carbocycles. The number of hydrogen-bond donors (Lipinski definition) is 2. The molecule has 0 atom stereocenters. The Balaban J connectivity index is 1.30. The highest BCUT2D eigenvalue weighted by molar-refractivity contribution is 5.89. The Morgan fingerprint density at radius 3 is 2.67 bits per heavy atom. The summed E-state index contributed by atoms with van der Waals surface area (Å²) in [6.07, 6.45) is 3.43. The fraction of sp³-hybridized carbons (Fsp3) is 0.304. The first kappa shape index (κ1) is 22.3. The van der Waals surface area contributed by atoms with Gasteiger partial charge in [-0.25, -0.2) is 19.3 Å². The van der Waals surface area contributed by atoms with Gasteiger partial charge in [0.15, 0.2) is 5.69 Å². The van der Waals surface area contributed by atoms with Crippen LogP contribution in [0.25, 0.3) is 5.69 Å². The van der Waals surface area contributed by atoms with Crippen LogP contribution in [0.1, 0.15) is 23.0 Å². The molecule has 3 heterocycles. The number of hydrogen-bond acceptors (Lipinski definition) is 7. The minimum Gasteiger partial charge on any atom is -0.461 e. The van der Waals surface area contributed by atoms with Gasteiger partial charge in [-0.15, -0.1) is 0 Å². The molecule has 4 rings (SSSR count). The summed E-state index contributed by atoms with van der Waals surface area (Å²) in [5.41, 5.74) is 2.60. The summed E-state index contributed by atoms with van der Waals surface area (Å²) in [6, 6.07) is 12.3. The van der Waals surface area contributed by atoms with Gasteiger partial charge in [0.1, 0.15) is 5.82 Å². The lowest BCUT2D eigenvalue weighted by molar-refractivity contribution is 0.0519. The van der Waals surface area contributed by atoms with E-state index in [1.165, 1.54) is 0 Å². The van der Waals surface area contributed by atoms with Crippen molar-refractivity contribution in [2.75, 3.05) is 43.1 Å². The smallest absolute Gasteiger partial charge is 0.358 e. The number of rotatable bonds is 7. The van der Waals surface area contributed by atoms with Gasteiger partial charge < -0.3 is 25.0 Å². The van der Waals surface area contributed by atoms with Crippen molar-refractivity contribution in [3.05, 3.63) is 66.1 Å². The van der Waals surface area contributed by atoms with E-state index in [-0.39, 0.29) is 11.7 Å². The molecule has 10 heteroatoms. The van der Waals surface area contributed by atoms with Crippen LogP contribution in [0.2, 0.25) is 0 Å². The summed E-state index contributed by atoms with van der Waals surface area (Å²) < 4.78 is 11.9. The Kier molecular flexibility index (Phi) is 7.16. The molecule has 0 aliphatic carbocycles. The van der Waals surface area contributed by atoms with Crippen LogP contribution in [-0.4, -0.2) is 59.7 Å². The number of urea groups is 1. The van der Waals surface area contributed by atoms with E-state index in [2.05, 4.69) is 25.6 Å². The van der Waals surface area contributed by atoms with Gasteiger partial charge in [0.05, 0.1) is 25.5 Å². The predicted octanol–water partition coefficient (Wildman–Crippen LogP) is 2.60. The Labute approximate surface area is 191 Å². The van der Waals surface area contributed by atoms with Gasteiger partial charge in [-0.05, 0) is 55.0 Å². The van der Waals surface area contributed by atoms with Gasteiger partial charge >= 0.3 is 12.0 Å². The lowest BCUT2D eigenvalue weighted by Crippen LogP contribution is -2.36. The second kappa shape index (κ2) is 10.6. The number of morpholine rings is 1. The van der Waals surface area contributed by atoms with Crippen molar-refractivity contribution in [2.24, 2.45) is 0 Å². The van der Waals surface area contributed by atoms with Crippen LogP contribution in [0.3, 0.4) is 0 Å². The molecule has 10 nitrogen and oxygen atoms in total. The molecule has 1 aliphatic rings. The van der Waals surface area contributed by atoms with Crippen LogP contribution >= 0.6 is 0 Å². The van der Waals surface area contributed by atoms with E-state index in [1.807, 2.05) is 12.1 Å². The number of anilines is 2. The van der Waals surface area contributed by atoms with Gasteiger partial charge in [-0.3, -0.25) is 0 Å². The first-order valence-electron chi connectivity index (χ1n) is 10.8. The average molecular weight is 450 g/mol. The Hall–Kier alpha value is -3.92. The molecule has 2 aromatic heterocycles. The number of carbonyl (C=O) groups is 2. The van der Waals surface area contributed by atoms with Crippen molar-refractivity contribution in [1.82, 2.24) is 20.1 Å². The summed E-state index contributed by atoms with van der Waals surface area (Å²) in [5.74, 6) is 0.427. The van der Waals surface area contributed by atoms with Crippen molar-refractivity contribution < 1.29 is 19.1 Å². The molecule has 1 aliphatic heterocycles. The molecule has 0 radical (unpaired) electrons. The van der Waals surface area contributed by atoms with E-state index in [4.69, 9.17) is 9.47 Å². The zero-order chi connectivity index (χ0) is 23.0. The number of amides is 2. The maximum Gasteiger partial charge on any atom is 0.358 e. The highest BCUT2D eigenvalue weighted by Crippen LogP contribution is 2.15. The molecule has 3 aromatic rings. The first-order chi connectivity index (χ1) is 16.1. The van der Waals surface area contributed by atoms with E-state index >= 15 is 0 Å². The minimum atomic E-state index is -0.461. The van der Waals surface area contributed by atoms with Gasteiger partial charge in [0, 0.05) is 37.7 Å². The highest BCUT2D eigenvalue weighted by Gasteiger charge is 2.13. The maximum atomic E-state index is 12.3. The van der Waals surface area contributed by atoms with Crippen LogP contribution in [0.4, 0.5) is 16.3 Å². The van der Waals surface area contributed by atoms with E-state index in [0.29, 0.717) is 32.1 Å². The zero-order valence-corrected chi connectivity index (χ0v) is 18.4. The largest absolute Gasteiger partial charge is 0.461 e. The molecular weight excluding hydrogens is 424 g/mol.